The highest BCUT2D eigenvalue weighted by molar-refractivity contribution is 4.72. The van der Waals surface area contributed by atoms with Crippen molar-refractivity contribution >= 4 is 0 Å². The molecule has 0 aromatic carbocycles. The Kier molecular flexibility index (Phi) is 6.36. The third-order valence-corrected chi connectivity index (χ3v) is 0.731. The fraction of sp³-hybridized carbons (Fsp3) is 0.429. The molecule has 0 rings (SSSR count). The van der Waals surface area contributed by atoms with Crippen molar-refractivity contribution in [3.8, 4) is 0 Å². The van der Waals surface area contributed by atoms with Crippen LogP contribution in [0.3, 0.4) is 0 Å². The molecule has 0 N–H and O–H groups in total. The first kappa shape index (κ1) is 8.08. The lowest BCUT2D eigenvalue weighted by atomic mass is 10.4. The Morgan fingerprint density at radius 2 is 2.33 bits per heavy atom. The molecule has 0 aliphatic rings. The van der Waals surface area contributed by atoms with Crippen LogP contribution in [0.1, 0.15) is 13.3 Å². The van der Waals surface area contributed by atoms with E-state index >= 15 is 0 Å². The Hall–Kier alpha value is -0.920. The summed E-state index contributed by atoms with van der Waals surface area (Å²) in [6, 6.07) is 0. The fourth-order valence-corrected chi connectivity index (χ4v) is 0.368. The lowest BCUT2D eigenvalue weighted by Crippen LogP contribution is -1.82. The molecule has 0 spiro atoms. The highest BCUT2D eigenvalue weighted by atomic mass is 16.5. The molecule has 0 saturated carbocycles. The minimum absolute atomic E-state index is 0.586. The summed E-state index contributed by atoms with van der Waals surface area (Å²) in [6.07, 6.45) is 6.41. The van der Waals surface area contributed by atoms with E-state index in [0.29, 0.717) is 13.0 Å². The highest BCUT2D eigenvalue weighted by Gasteiger charge is 1.76. The molecule has 0 aliphatic heterocycles. The van der Waals surface area contributed by atoms with Gasteiger partial charge in [-0.1, -0.05) is 6.08 Å². The van der Waals surface area contributed by atoms with Gasteiger partial charge in [-0.2, -0.15) is 0 Å². The van der Waals surface area contributed by atoms with Gasteiger partial charge in [0, 0.05) is 6.42 Å². The van der Waals surface area contributed by atoms with Crippen LogP contribution in [0.25, 0.3) is 0 Å². The molecule has 0 unspecified atom stereocenters. The second kappa shape index (κ2) is 7.08. The molecular weight excluding hydrogens is 116 g/mol. The second-order valence-electron chi connectivity index (χ2n) is 1.50. The molecule has 2 heteroatoms. The third-order valence-electron chi connectivity index (χ3n) is 0.731. The smallest absolute Gasteiger partial charge is 0.138 e. The maximum Gasteiger partial charge on any atom is 0.138 e. The summed E-state index contributed by atoms with van der Waals surface area (Å²) in [5, 5.41) is 9.71. The van der Waals surface area contributed by atoms with Gasteiger partial charge in [0.2, 0.25) is 0 Å². The van der Waals surface area contributed by atoms with E-state index in [0.717, 1.165) is 6.26 Å². The normalized spacial score (nSPS) is 11.2. The lowest BCUT2D eigenvalue weighted by Gasteiger charge is -1.92. The van der Waals surface area contributed by atoms with Crippen molar-refractivity contribution in [3.05, 3.63) is 24.7 Å². The molecule has 2 nitrogen and oxygen atoms in total. The van der Waals surface area contributed by atoms with E-state index in [2.05, 4.69) is 0 Å². The minimum Gasteiger partial charge on any atom is -0.501 e. The Labute approximate surface area is 55.5 Å². The molecule has 0 heterocycles. The maximum atomic E-state index is 9.71. The van der Waals surface area contributed by atoms with Gasteiger partial charge in [-0.25, -0.2) is 0 Å². The number of rotatable bonds is 4. The van der Waals surface area contributed by atoms with E-state index in [4.69, 9.17) is 4.74 Å². The number of ether oxygens (including phenoxy) is 1. The van der Waals surface area contributed by atoms with Crippen LogP contribution in [-0.2, 0) is 9.84 Å². The number of hydrogen-bond acceptors (Lipinski definition) is 1. The molecule has 0 fully saturated rings. The first-order valence-corrected chi connectivity index (χ1v) is 2.91. The zero-order valence-corrected chi connectivity index (χ0v) is 5.54. The van der Waals surface area contributed by atoms with Crippen molar-refractivity contribution in [1.29, 1.82) is 0 Å². The van der Waals surface area contributed by atoms with E-state index in [1.54, 1.807) is 12.3 Å². The molecule has 0 saturated heterocycles. The van der Waals surface area contributed by atoms with Crippen molar-refractivity contribution in [3.63, 3.8) is 0 Å². The summed E-state index contributed by atoms with van der Waals surface area (Å²) in [7, 11) is 0. The maximum absolute atomic E-state index is 9.71. The molecule has 51 valence electrons. The summed E-state index contributed by atoms with van der Waals surface area (Å²) >= 11 is 0. The highest BCUT2D eigenvalue weighted by Crippen LogP contribution is 1.84. The van der Waals surface area contributed by atoms with Crippen molar-refractivity contribution in [2.24, 2.45) is 0 Å². The Morgan fingerprint density at radius 3 is 2.89 bits per heavy atom. The van der Waals surface area contributed by atoms with Gasteiger partial charge in [0.1, 0.15) is 6.26 Å². The minimum atomic E-state index is 0.586. The van der Waals surface area contributed by atoms with Gasteiger partial charge in [-0.15, -0.1) is 0 Å². The van der Waals surface area contributed by atoms with Crippen LogP contribution < -0.4 is 0 Å². The van der Waals surface area contributed by atoms with Crippen LogP contribution in [0.2, 0.25) is 0 Å². The fourth-order valence-electron chi connectivity index (χ4n) is 0.368. The third kappa shape index (κ3) is 7.08. The van der Waals surface area contributed by atoms with E-state index < -0.39 is 0 Å². The van der Waals surface area contributed by atoms with Crippen LogP contribution >= 0.6 is 0 Å². The second-order valence-corrected chi connectivity index (χ2v) is 1.50. The van der Waals surface area contributed by atoms with E-state index in [1.807, 2.05) is 6.92 Å². The molecule has 0 aliphatic carbocycles. The Balaban J connectivity index is 2.91. The van der Waals surface area contributed by atoms with Gasteiger partial charge in [-0.05, 0) is 13.0 Å². The van der Waals surface area contributed by atoms with Crippen molar-refractivity contribution in [1.82, 2.24) is 0 Å². The summed E-state index contributed by atoms with van der Waals surface area (Å²) < 4.78 is 4.91. The van der Waals surface area contributed by atoms with Crippen LogP contribution in [0, 0.1) is 0 Å². The molecule has 0 bridgehead atoms. The average molecular weight is 127 g/mol. The van der Waals surface area contributed by atoms with Gasteiger partial charge in [0.25, 0.3) is 0 Å². The van der Waals surface area contributed by atoms with Gasteiger partial charge < -0.3 is 4.74 Å². The van der Waals surface area contributed by atoms with Gasteiger partial charge in [0.15, 0.2) is 0 Å². The summed E-state index contributed by atoms with van der Waals surface area (Å²) in [5.41, 5.74) is 0. The SMILES string of the molecule is CC=COCCC=C[O]. The molecule has 1 radical (unpaired) electrons. The van der Waals surface area contributed by atoms with Crippen molar-refractivity contribution < 1.29 is 9.84 Å². The van der Waals surface area contributed by atoms with Crippen molar-refractivity contribution in [2.45, 2.75) is 13.3 Å². The standard InChI is InChI=1S/C7H11O2/c1-2-6-9-7-4-3-5-8/h2-3,5-6H,4,7H2,1H3. The van der Waals surface area contributed by atoms with Crippen LogP contribution in [0.15, 0.2) is 24.7 Å². The number of hydrogen-bond donors (Lipinski definition) is 0. The first-order valence-electron chi connectivity index (χ1n) is 2.91. The zero-order chi connectivity index (χ0) is 6.95. The van der Waals surface area contributed by atoms with Crippen LogP contribution in [0.4, 0.5) is 0 Å². The monoisotopic (exact) mass is 127 g/mol. The van der Waals surface area contributed by atoms with Gasteiger partial charge >= 0.3 is 0 Å². The molecule has 9 heavy (non-hydrogen) atoms. The topological polar surface area (TPSA) is 29.1 Å². The predicted octanol–water partition coefficient (Wildman–Crippen LogP) is 1.87. The molecular formula is C7H11O2. The van der Waals surface area contributed by atoms with Crippen LogP contribution in [-0.4, -0.2) is 6.61 Å². The predicted molar refractivity (Wildman–Crippen MR) is 35.2 cm³/mol. The average Bonchev–Trinajstić information content (AvgIpc) is 1.89. The number of allylic oxidation sites excluding steroid dienone is 1. The van der Waals surface area contributed by atoms with Crippen molar-refractivity contribution in [2.75, 3.05) is 6.61 Å². The van der Waals surface area contributed by atoms with Gasteiger partial charge in [0.05, 0.1) is 12.9 Å². The van der Waals surface area contributed by atoms with Crippen LogP contribution in [0.5, 0.6) is 0 Å². The van der Waals surface area contributed by atoms with E-state index in [9.17, 15) is 5.11 Å². The Morgan fingerprint density at radius 1 is 1.56 bits per heavy atom. The van der Waals surface area contributed by atoms with E-state index in [1.165, 1.54) is 6.08 Å². The van der Waals surface area contributed by atoms with Gasteiger partial charge in [-0.3, -0.25) is 5.11 Å². The molecule has 0 atom stereocenters. The quantitative estimate of drug-likeness (QED) is 0.418. The summed E-state index contributed by atoms with van der Waals surface area (Å²) in [4.78, 5) is 0. The molecule has 0 amide bonds. The summed E-state index contributed by atoms with van der Waals surface area (Å²) in [5.74, 6) is 0. The van der Waals surface area contributed by atoms with E-state index in [-0.39, 0.29) is 0 Å². The lowest BCUT2D eigenvalue weighted by molar-refractivity contribution is 0.253. The first-order chi connectivity index (χ1) is 4.41. The summed E-state index contributed by atoms with van der Waals surface area (Å²) in [6.45, 7) is 2.46. The Bertz CT molecular complexity index is 83.1. The molecule has 0 aromatic rings. The molecule has 0 aromatic heterocycles. The largest absolute Gasteiger partial charge is 0.501 e. The zero-order valence-electron chi connectivity index (χ0n) is 5.54.